The Morgan fingerprint density at radius 3 is 2.17 bits per heavy atom. The van der Waals surface area contributed by atoms with E-state index in [-0.39, 0.29) is 21.1 Å². The van der Waals surface area contributed by atoms with Gasteiger partial charge >= 0.3 is 5.97 Å². The highest BCUT2D eigenvalue weighted by molar-refractivity contribution is 8.00. The Kier molecular flexibility index (Phi) is 13.4. The third kappa shape index (κ3) is 10.0. The average molecular weight is 763 g/mol. The molecule has 0 aliphatic rings. The second-order valence-electron chi connectivity index (χ2n) is 11.7. The van der Waals surface area contributed by atoms with Gasteiger partial charge in [0.25, 0.3) is 17.7 Å². The van der Waals surface area contributed by atoms with E-state index in [9.17, 15) is 24.0 Å². The zero-order valence-corrected chi connectivity index (χ0v) is 31.6. The van der Waals surface area contributed by atoms with Crippen LogP contribution in [0.5, 0.6) is 5.75 Å². The van der Waals surface area contributed by atoms with E-state index < -0.39 is 34.8 Å². The minimum absolute atomic E-state index is 0.00808. The first-order valence-corrected chi connectivity index (χ1v) is 18.5. The minimum atomic E-state index is -0.684. The second-order valence-corrected chi connectivity index (χ2v) is 14.1. The Hall–Kier alpha value is -6.18. The number of hydrogen-bond donors (Lipinski definition) is 4. The number of ether oxygens (including phenoxy) is 2. The molecule has 0 fully saturated rings. The monoisotopic (exact) mass is 762 g/mol. The van der Waals surface area contributed by atoms with Gasteiger partial charge in [0, 0.05) is 27.4 Å². The highest BCUT2D eigenvalue weighted by atomic mass is 32.2. The van der Waals surface area contributed by atoms with Gasteiger partial charge in [0.15, 0.2) is 0 Å². The molecule has 5 rings (SSSR count). The maximum atomic E-state index is 13.7. The lowest BCUT2D eigenvalue weighted by atomic mass is 10.1. The van der Waals surface area contributed by atoms with E-state index in [4.69, 9.17) is 9.47 Å². The van der Waals surface area contributed by atoms with Crippen molar-refractivity contribution in [3.8, 4) is 5.75 Å². The van der Waals surface area contributed by atoms with Gasteiger partial charge in [-0.15, -0.1) is 23.1 Å². The first-order chi connectivity index (χ1) is 26.1. The highest BCUT2D eigenvalue weighted by Crippen LogP contribution is 2.35. The number of thioether (sulfide) groups is 1. The molecule has 13 heteroatoms. The summed E-state index contributed by atoms with van der Waals surface area (Å²) in [6.07, 6.45) is 1.55. The smallest absolute Gasteiger partial charge is 0.341 e. The van der Waals surface area contributed by atoms with Crippen LogP contribution in [0, 0.1) is 6.92 Å². The molecule has 4 amide bonds. The summed E-state index contributed by atoms with van der Waals surface area (Å²) in [6, 6.07) is 31.5. The number of rotatable bonds is 14. The zero-order chi connectivity index (χ0) is 38.6. The summed E-state index contributed by atoms with van der Waals surface area (Å²) in [6.45, 7) is 5.59. The summed E-state index contributed by atoms with van der Waals surface area (Å²) >= 11 is 2.21. The van der Waals surface area contributed by atoms with Gasteiger partial charge in [0.05, 0.1) is 29.4 Å². The van der Waals surface area contributed by atoms with Crippen LogP contribution in [0.3, 0.4) is 0 Å². The second kappa shape index (κ2) is 18.5. The van der Waals surface area contributed by atoms with Gasteiger partial charge in [-0.1, -0.05) is 60.7 Å². The zero-order valence-electron chi connectivity index (χ0n) is 29.9. The van der Waals surface area contributed by atoms with Crippen molar-refractivity contribution in [2.24, 2.45) is 0 Å². The quantitative estimate of drug-likeness (QED) is 0.0505. The van der Waals surface area contributed by atoms with Crippen LogP contribution in [0.1, 0.15) is 55.4 Å². The van der Waals surface area contributed by atoms with Gasteiger partial charge in [-0.2, -0.15) is 0 Å². The van der Waals surface area contributed by atoms with Crippen LogP contribution in [0.15, 0.2) is 120 Å². The molecule has 0 saturated heterocycles. The molecule has 11 nitrogen and oxygen atoms in total. The van der Waals surface area contributed by atoms with Gasteiger partial charge in [-0.25, -0.2) is 4.79 Å². The van der Waals surface area contributed by atoms with Crippen LogP contribution < -0.4 is 26.0 Å². The average Bonchev–Trinajstić information content (AvgIpc) is 3.50. The Bertz CT molecular complexity index is 2190. The molecular formula is C41H38N4O7S2. The standard InChI is InChI=1S/C41H38N4O7S2/c1-5-52-33-22-13-12-17-28(33)23-32(44-37(47)27-15-8-6-9-16-27)38(48)43-30-20-14-21-31(24-30)53-26(3)36(46)45-40-34(41(50)51-4)25(2)35(54-40)39(49)42-29-18-10-7-11-19-29/h6-24,26H,5H2,1-4H3,(H,42,49)(H,43,48)(H,44,47)(H,45,46)/b32-23+. The largest absolute Gasteiger partial charge is 0.493 e. The number of amides is 4. The summed E-state index contributed by atoms with van der Waals surface area (Å²) < 4.78 is 10.7. The van der Waals surface area contributed by atoms with Gasteiger partial charge in [0.2, 0.25) is 5.91 Å². The van der Waals surface area contributed by atoms with Crippen molar-refractivity contribution < 1.29 is 33.4 Å². The van der Waals surface area contributed by atoms with Gasteiger partial charge in [-0.05, 0) is 80.9 Å². The number of carbonyl (C=O) groups excluding carboxylic acids is 5. The number of methoxy groups -OCH3 is 1. The van der Waals surface area contributed by atoms with Crippen LogP contribution in [-0.4, -0.2) is 48.6 Å². The molecule has 0 saturated carbocycles. The molecule has 0 aliphatic heterocycles. The Labute approximate surface area is 321 Å². The molecule has 4 aromatic carbocycles. The van der Waals surface area contributed by atoms with Crippen LogP contribution in [0.25, 0.3) is 6.08 Å². The highest BCUT2D eigenvalue weighted by Gasteiger charge is 2.28. The van der Waals surface area contributed by atoms with Gasteiger partial charge in [-0.3, -0.25) is 19.2 Å². The number of esters is 1. The fourth-order valence-corrected chi connectivity index (χ4v) is 7.20. The van der Waals surface area contributed by atoms with E-state index in [0.717, 1.165) is 11.3 Å². The van der Waals surface area contributed by atoms with E-state index in [1.807, 2.05) is 19.1 Å². The summed E-state index contributed by atoms with van der Waals surface area (Å²) in [7, 11) is 1.23. The van der Waals surface area contributed by atoms with Crippen LogP contribution in [0.4, 0.5) is 16.4 Å². The number of anilines is 3. The fraction of sp³-hybridized carbons (Fsp3) is 0.146. The normalized spacial score (nSPS) is 11.5. The van der Waals surface area contributed by atoms with Crippen molar-refractivity contribution in [3.63, 3.8) is 0 Å². The van der Waals surface area contributed by atoms with Crippen LogP contribution in [-0.2, 0) is 14.3 Å². The van der Waals surface area contributed by atoms with E-state index in [2.05, 4.69) is 21.3 Å². The van der Waals surface area contributed by atoms with E-state index >= 15 is 0 Å². The molecule has 1 unspecified atom stereocenters. The van der Waals surface area contributed by atoms with E-state index in [1.165, 1.54) is 18.9 Å². The third-order valence-corrected chi connectivity index (χ3v) is 10.1. The molecule has 1 atom stereocenters. The van der Waals surface area contributed by atoms with Crippen LogP contribution in [0.2, 0.25) is 0 Å². The molecule has 0 bridgehead atoms. The maximum Gasteiger partial charge on any atom is 0.341 e. The van der Waals surface area contributed by atoms with Crippen molar-refractivity contribution in [1.29, 1.82) is 0 Å². The van der Waals surface area contributed by atoms with E-state index in [0.29, 0.717) is 45.3 Å². The maximum absolute atomic E-state index is 13.7. The van der Waals surface area contributed by atoms with E-state index in [1.54, 1.807) is 117 Å². The molecule has 0 spiro atoms. The predicted octanol–water partition coefficient (Wildman–Crippen LogP) is 8.02. The molecule has 1 aromatic heterocycles. The number of para-hydroxylation sites is 2. The Morgan fingerprint density at radius 1 is 0.796 bits per heavy atom. The molecule has 1 heterocycles. The fourth-order valence-electron chi connectivity index (χ4n) is 5.18. The lowest BCUT2D eigenvalue weighted by Crippen LogP contribution is -2.30. The lowest BCUT2D eigenvalue weighted by molar-refractivity contribution is -0.115. The predicted molar refractivity (Wildman–Crippen MR) is 213 cm³/mol. The summed E-state index contributed by atoms with van der Waals surface area (Å²) in [5.41, 5.74) is 2.46. The first kappa shape index (κ1) is 39.0. The molecule has 54 heavy (non-hydrogen) atoms. The third-order valence-electron chi connectivity index (χ3n) is 7.83. The Balaban J connectivity index is 1.32. The van der Waals surface area contributed by atoms with Gasteiger partial charge in [0.1, 0.15) is 16.4 Å². The van der Waals surface area contributed by atoms with Gasteiger partial charge < -0.3 is 30.7 Å². The number of nitrogens with one attached hydrogen (secondary N) is 4. The van der Waals surface area contributed by atoms with Crippen molar-refractivity contribution in [2.45, 2.75) is 30.9 Å². The first-order valence-electron chi connectivity index (χ1n) is 16.8. The minimum Gasteiger partial charge on any atom is -0.493 e. The molecule has 4 N–H and O–H groups in total. The van der Waals surface area contributed by atoms with Crippen molar-refractivity contribution in [1.82, 2.24) is 5.32 Å². The molecule has 5 aromatic rings. The summed E-state index contributed by atoms with van der Waals surface area (Å²) in [5.74, 6) is -2.02. The molecule has 276 valence electrons. The number of thiophene rings is 1. The number of benzene rings is 4. The summed E-state index contributed by atoms with van der Waals surface area (Å²) in [5, 5.41) is 10.7. The van der Waals surface area contributed by atoms with Crippen molar-refractivity contribution >= 4 is 75.1 Å². The Morgan fingerprint density at radius 2 is 1.46 bits per heavy atom. The van der Waals surface area contributed by atoms with Crippen molar-refractivity contribution in [2.75, 3.05) is 29.7 Å². The molecule has 0 radical (unpaired) electrons. The topological polar surface area (TPSA) is 152 Å². The van der Waals surface area contributed by atoms with Crippen molar-refractivity contribution in [3.05, 3.63) is 142 Å². The molecule has 0 aliphatic carbocycles. The number of hydrogen-bond acceptors (Lipinski definition) is 9. The van der Waals surface area contributed by atoms with Crippen LogP contribution >= 0.6 is 23.1 Å². The SMILES string of the molecule is CCOc1ccccc1/C=C(/NC(=O)c1ccccc1)C(=O)Nc1cccc(SC(C)C(=O)Nc2sc(C(=O)Nc3ccccc3)c(C)c2C(=O)OC)c1. The molecular weight excluding hydrogens is 725 g/mol. The summed E-state index contributed by atoms with van der Waals surface area (Å²) in [4.78, 5) is 67.2. The number of carbonyl (C=O) groups is 5. The lowest BCUT2D eigenvalue weighted by Gasteiger charge is -2.15.